The van der Waals surface area contributed by atoms with Crippen LogP contribution in [0.4, 0.5) is 0 Å². The molecule has 0 bridgehead atoms. The van der Waals surface area contributed by atoms with Gasteiger partial charge in [0.1, 0.15) is 5.75 Å². The van der Waals surface area contributed by atoms with Gasteiger partial charge in [-0.3, -0.25) is 4.79 Å². The van der Waals surface area contributed by atoms with Crippen molar-refractivity contribution in [1.82, 2.24) is 5.32 Å². The fourth-order valence-electron chi connectivity index (χ4n) is 3.64. The maximum atomic E-state index is 12.4. The van der Waals surface area contributed by atoms with Crippen LogP contribution < -0.4 is 10.1 Å². The van der Waals surface area contributed by atoms with E-state index in [2.05, 4.69) is 37.4 Å². The Hall–Kier alpha value is -2.29. The van der Waals surface area contributed by atoms with Gasteiger partial charge in [-0.2, -0.15) is 0 Å². The van der Waals surface area contributed by atoms with Crippen LogP contribution in [0, 0.1) is 6.92 Å². The number of aryl methyl sites for hydroxylation is 2. The first kappa shape index (κ1) is 17.5. The van der Waals surface area contributed by atoms with Crippen LogP contribution in [0.2, 0.25) is 0 Å². The molecule has 0 spiro atoms. The quantitative estimate of drug-likeness (QED) is 0.841. The van der Waals surface area contributed by atoms with Gasteiger partial charge in [-0.15, -0.1) is 0 Å². The smallest absolute Gasteiger partial charge is 0.258 e. The molecule has 3 nitrogen and oxygen atoms in total. The second-order valence-electron chi connectivity index (χ2n) is 6.77. The molecule has 132 valence electrons. The third kappa shape index (κ3) is 4.22. The first-order valence-corrected chi connectivity index (χ1v) is 9.27. The van der Waals surface area contributed by atoms with Gasteiger partial charge in [0.05, 0.1) is 6.04 Å². The molecule has 0 saturated carbocycles. The van der Waals surface area contributed by atoms with Crippen LogP contribution >= 0.6 is 0 Å². The Morgan fingerprint density at radius 2 is 1.92 bits per heavy atom. The minimum atomic E-state index is -0.0662. The molecule has 1 N–H and O–H groups in total. The zero-order chi connectivity index (χ0) is 17.6. The van der Waals surface area contributed by atoms with Gasteiger partial charge in [-0.05, 0) is 67.3 Å². The van der Waals surface area contributed by atoms with Crippen LogP contribution in [-0.4, -0.2) is 12.5 Å². The number of carbonyl (C=O) groups excluding carboxylic acids is 1. The highest BCUT2D eigenvalue weighted by atomic mass is 16.5. The highest BCUT2D eigenvalue weighted by Gasteiger charge is 2.17. The van der Waals surface area contributed by atoms with Crippen molar-refractivity contribution in [2.24, 2.45) is 0 Å². The average molecular weight is 337 g/mol. The van der Waals surface area contributed by atoms with Crippen LogP contribution in [0.3, 0.4) is 0 Å². The first-order chi connectivity index (χ1) is 12.2. The second kappa shape index (κ2) is 8.19. The average Bonchev–Trinajstić information content (AvgIpc) is 2.65. The van der Waals surface area contributed by atoms with Gasteiger partial charge in [0.15, 0.2) is 6.61 Å². The molecule has 0 fully saturated rings. The fourth-order valence-corrected chi connectivity index (χ4v) is 3.64. The molecule has 3 rings (SSSR count). The Labute approximate surface area is 150 Å². The molecule has 0 aromatic heterocycles. The van der Waals surface area contributed by atoms with Gasteiger partial charge in [0.2, 0.25) is 0 Å². The van der Waals surface area contributed by atoms with E-state index in [1.165, 1.54) is 35.1 Å². The van der Waals surface area contributed by atoms with Crippen LogP contribution in [0.15, 0.2) is 42.5 Å². The SMILES string of the molecule is CCC(NC(=O)COc1cccc2c1CCCC2)c1ccccc1C. The summed E-state index contributed by atoms with van der Waals surface area (Å²) >= 11 is 0. The molecule has 2 aromatic carbocycles. The van der Waals surface area contributed by atoms with E-state index < -0.39 is 0 Å². The number of rotatable bonds is 6. The number of ether oxygens (including phenoxy) is 1. The summed E-state index contributed by atoms with van der Waals surface area (Å²) < 4.78 is 5.87. The molecule has 0 saturated heterocycles. The molecule has 1 unspecified atom stereocenters. The van der Waals surface area contributed by atoms with Crippen molar-refractivity contribution in [2.45, 2.75) is 52.0 Å². The molecule has 0 heterocycles. The number of hydrogen-bond donors (Lipinski definition) is 1. The molecule has 1 amide bonds. The zero-order valence-corrected chi connectivity index (χ0v) is 15.2. The first-order valence-electron chi connectivity index (χ1n) is 9.27. The van der Waals surface area contributed by atoms with Gasteiger partial charge < -0.3 is 10.1 Å². The summed E-state index contributed by atoms with van der Waals surface area (Å²) in [6.07, 6.45) is 5.46. The van der Waals surface area contributed by atoms with Crippen LogP contribution in [0.1, 0.15) is 54.5 Å². The van der Waals surface area contributed by atoms with Crippen molar-refractivity contribution in [3.05, 3.63) is 64.7 Å². The van der Waals surface area contributed by atoms with Crippen molar-refractivity contribution in [2.75, 3.05) is 6.61 Å². The number of amides is 1. The second-order valence-corrected chi connectivity index (χ2v) is 6.77. The van der Waals surface area contributed by atoms with Gasteiger partial charge in [0.25, 0.3) is 5.91 Å². The topological polar surface area (TPSA) is 38.3 Å². The van der Waals surface area contributed by atoms with Crippen molar-refractivity contribution in [1.29, 1.82) is 0 Å². The highest BCUT2D eigenvalue weighted by Crippen LogP contribution is 2.29. The normalized spacial score (nSPS) is 14.5. The fraction of sp³-hybridized carbons (Fsp3) is 0.409. The summed E-state index contributed by atoms with van der Waals surface area (Å²) in [5.41, 5.74) is 5.03. The maximum Gasteiger partial charge on any atom is 0.258 e. The molecule has 1 aliphatic rings. The van der Waals surface area contributed by atoms with E-state index in [0.717, 1.165) is 25.0 Å². The lowest BCUT2D eigenvalue weighted by Crippen LogP contribution is -2.32. The van der Waals surface area contributed by atoms with Crippen molar-refractivity contribution in [3.8, 4) is 5.75 Å². The summed E-state index contributed by atoms with van der Waals surface area (Å²) in [5, 5.41) is 3.11. The number of nitrogens with one attached hydrogen (secondary N) is 1. The van der Waals surface area contributed by atoms with Crippen LogP contribution in [0.5, 0.6) is 5.75 Å². The molecule has 1 atom stereocenters. The molecule has 3 heteroatoms. The predicted octanol–water partition coefficient (Wildman–Crippen LogP) is 4.52. The van der Waals surface area contributed by atoms with Gasteiger partial charge in [0, 0.05) is 0 Å². The zero-order valence-electron chi connectivity index (χ0n) is 15.2. The van der Waals surface area contributed by atoms with Gasteiger partial charge in [-0.1, -0.05) is 43.3 Å². The molecule has 0 radical (unpaired) electrons. The summed E-state index contributed by atoms with van der Waals surface area (Å²) in [6, 6.07) is 14.4. The third-order valence-corrected chi connectivity index (χ3v) is 5.02. The Balaban J connectivity index is 1.62. The highest BCUT2D eigenvalue weighted by molar-refractivity contribution is 5.78. The predicted molar refractivity (Wildman–Crippen MR) is 101 cm³/mol. The molecule has 1 aliphatic carbocycles. The number of benzene rings is 2. The van der Waals surface area contributed by atoms with E-state index in [9.17, 15) is 4.79 Å². The minimum Gasteiger partial charge on any atom is -0.483 e. The molecule has 25 heavy (non-hydrogen) atoms. The van der Waals surface area contributed by atoms with E-state index in [1.807, 2.05) is 24.3 Å². The Bertz CT molecular complexity index is 739. The van der Waals surface area contributed by atoms with Crippen molar-refractivity contribution in [3.63, 3.8) is 0 Å². The van der Waals surface area contributed by atoms with E-state index >= 15 is 0 Å². The summed E-state index contributed by atoms with van der Waals surface area (Å²) in [5.74, 6) is 0.805. The number of fused-ring (bicyclic) bond motifs is 1. The Morgan fingerprint density at radius 1 is 1.12 bits per heavy atom. The van der Waals surface area contributed by atoms with E-state index in [1.54, 1.807) is 0 Å². The van der Waals surface area contributed by atoms with Gasteiger partial charge >= 0.3 is 0 Å². The molecule has 0 aliphatic heterocycles. The standard InChI is InChI=1S/C22H27NO2/c1-3-20(18-12-6-4-9-16(18)2)23-22(24)15-25-21-14-8-11-17-10-5-7-13-19(17)21/h4,6,8-9,11-12,14,20H,3,5,7,10,13,15H2,1-2H3,(H,23,24). The van der Waals surface area contributed by atoms with E-state index in [0.29, 0.717) is 0 Å². The Kier molecular flexibility index (Phi) is 5.75. The summed E-state index contributed by atoms with van der Waals surface area (Å²) in [4.78, 5) is 12.4. The maximum absolute atomic E-state index is 12.4. The van der Waals surface area contributed by atoms with E-state index in [-0.39, 0.29) is 18.6 Å². The molecular weight excluding hydrogens is 310 g/mol. The number of carbonyl (C=O) groups is 1. The lowest BCUT2D eigenvalue weighted by Gasteiger charge is -2.21. The monoisotopic (exact) mass is 337 g/mol. The van der Waals surface area contributed by atoms with E-state index in [4.69, 9.17) is 4.74 Å². The van der Waals surface area contributed by atoms with Gasteiger partial charge in [-0.25, -0.2) is 0 Å². The van der Waals surface area contributed by atoms with Crippen LogP contribution in [-0.2, 0) is 17.6 Å². The molecule has 2 aromatic rings. The van der Waals surface area contributed by atoms with Crippen molar-refractivity contribution < 1.29 is 9.53 Å². The lowest BCUT2D eigenvalue weighted by molar-refractivity contribution is -0.123. The number of hydrogen-bond acceptors (Lipinski definition) is 2. The summed E-state index contributed by atoms with van der Waals surface area (Å²) in [6.45, 7) is 4.24. The Morgan fingerprint density at radius 3 is 2.72 bits per heavy atom. The summed E-state index contributed by atoms with van der Waals surface area (Å²) in [7, 11) is 0. The van der Waals surface area contributed by atoms with Crippen molar-refractivity contribution >= 4 is 5.91 Å². The van der Waals surface area contributed by atoms with Crippen LogP contribution in [0.25, 0.3) is 0 Å². The third-order valence-electron chi connectivity index (χ3n) is 5.02. The lowest BCUT2D eigenvalue weighted by atomic mass is 9.91. The largest absolute Gasteiger partial charge is 0.483 e. The molecular formula is C22H27NO2. The minimum absolute atomic E-state index is 0.0296.